The number of carbonyl (C=O) groups excluding carboxylic acids is 2. The molecule has 0 radical (unpaired) electrons. The number of hydrogen-bond acceptors (Lipinski definition) is 4. The number of nitrogens with zero attached hydrogens (tertiary/aromatic N) is 3. The van der Waals surface area contributed by atoms with Crippen LogP contribution in [-0.4, -0.2) is 52.8 Å². The van der Waals surface area contributed by atoms with E-state index in [1.54, 1.807) is 17.0 Å². The summed E-state index contributed by atoms with van der Waals surface area (Å²) in [7, 11) is 0. The Morgan fingerprint density at radius 2 is 1.62 bits per heavy atom. The normalized spacial score (nSPS) is 13.9. The SMILES string of the molecule is Cc1nc(-c2ccc(F)cc2)sc1C(=O)N1CCN(C(=O)CCCc2ccccc2)CC1. The summed E-state index contributed by atoms with van der Waals surface area (Å²) >= 11 is 1.33. The predicted molar refractivity (Wildman–Crippen MR) is 124 cm³/mol. The molecule has 2 aromatic carbocycles. The molecule has 0 N–H and O–H groups in total. The zero-order valence-corrected chi connectivity index (χ0v) is 18.9. The fraction of sp³-hybridized carbons (Fsp3) is 0.320. The van der Waals surface area contributed by atoms with Gasteiger partial charge in [-0.3, -0.25) is 9.59 Å². The highest BCUT2D eigenvalue weighted by Gasteiger charge is 2.27. The standard InChI is InChI=1S/C25H26FN3O2S/c1-18-23(32-24(27-18)20-10-12-21(26)13-11-20)25(31)29-16-14-28(15-17-29)22(30)9-5-8-19-6-3-2-4-7-19/h2-4,6-7,10-13H,5,8-9,14-17H2,1H3. The van der Waals surface area contributed by atoms with Gasteiger partial charge < -0.3 is 9.80 Å². The average molecular weight is 452 g/mol. The summed E-state index contributed by atoms with van der Waals surface area (Å²) in [6.45, 7) is 3.97. The maximum Gasteiger partial charge on any atom is 0.265 e. The zero-order valence-electron chi connectivity index (χ0n) is 18.1. The summed E-state index contributed by atoms with van der Waals surface area (Å²) in [4.78, 5) is 34.4. The first kappa shape index (κ1) is 22.1. The number of rotatable bonds is 6. The van der Waals surface area contributed by atoms with Gasteiger partial charge in [0.1, 0.15) is 15.7 Å². The van der Waals surface area contributed by atoms with E-state index in [1.807, 2.05) is 30.0 Å². The van der Waals surface area contributed by atoms with Gasteiger partial charge in [-0.25, -0.2) is 9.37 Å². The molecule has 4 rings (SSSR count). The molecule has 0 spiro atoms. The summed E-state index contributed by atoms with van der Waals surface area (Å²) in [6.07, 6.45) is 2.25. The minimum Gasteiger partial charge on any atom is -0.339 e. The highest BCUT2D eigenvalue weighted by Crippen LogP contribution is 2.29. The number of halogens is 1. The largest absolute Gasteiger partial charge is 0.339 e. The third-order valence-corrected chi connectivity index (χ3v) is 6.90. The molecule has 1 fully saturated rings. The topological polar surface area (TPSA) is 53.5 Å². The number of aromatic nitrogens is 1. The highest BCUT2D eigenvalue weighted by atomic mass is 32.1. The molecule has 1 aliphatic heterocycles. The molecule has 7 heteroatoms. The fourth-order valence-electron chi connectivity index (χ4n) is 3.86. The molecule has 0 unspecified atom stereocenters. The van der Waals surface area contributed by atoms with Crippen molar-refractivity contribution in [3.63, 3.8) is 0 Å². The van der Waals surface area contributed by atoms with Crippen molar-refractivity contribution in [3.05, 3.63) is 76.5 Å². The van der Waals surface area contributed by atoms with Crippen LogP contribution in [0.15, 0.2) is 54.6 Å². The van der Waals surface area contributed by atoms with Crippen molar-refractivity contribution in [3.8, 4) is 10.6 Å². The van der Waals surface area contributed by atoms with E-state index < -0.39 is 0 Å². The lowest BCUT2D eigenvalue weighted by molar-refractivity contribution is -0.132. The van der Waals surface area contributed by atoms with Crippen molar-refractivity contribution in [2.75, 3.05) is 26.2 Å². The fourth-order valence-corrected chi connectivity index (χ4v) is 4.90. The van der Waals surface area contributed by atoms with Crippen molar-refractivity contribution in [1.82, 2.24) is 14.8 Å². The monoisotopic (exact) mass is 451 g/mol. The molecule has 0 saturated carbocycles. The Bertz CT molecular complexity index is 1070. The maximum absolute atomic E-state index is 13.2. The van der Waals surface area contributed by atoms with E-state index in [1.165, 1.54) is 29.0 Å². The van der Waals surface area contributed by atoms with Gasteiger partial charge in [-0.1, -0.05) is 30.3 Å². The Balaban J connectivity index is 1.30. The lowest BCUT2D eigenvalue weighted by Crippen LogP contribution is -2.50. The summed E-state index contributed by atoms with van der Waals surface area (Å²) < 4.78 is 13.2. The van der Waals surface area contributed by atoms with Crippen molar-refractivity contribution >= 4 is 23.2 Å². The van der Waals surface area contributed by atoms with Crippen LogP contribution >= 0.6 is 11.3 Å². The van der Waals surface area contributed by atoms with Crippen LogP contribution < -0.4 is 0 Å². The van der Waals surface area contributed by atoms with Crippen LogP contribution in [0.2, 0.25) is 0 Å². The predicted octanol–water partition coefficient (Wildman–Crippen LogP) is 4.56. The van der Waals surface area contributed by atoms with Gasteiger partial charge in [0.2, 0.25) is 5.91 Å². The van der Waals surface area contributed by atoms with Crippen LogP contribution in [0.3, 0.4) is 0 Å². The number of carbonyl (C=O) groups is 2. The number of piperazine rings is 1. The van der Waals surface area contributed by atoms with Crippen LogP contribution in [0.1, 0.15) is 33.8 Å². The summed E-state index contributed by atoms with van der Waals surface area (Å²) in [5.74, 6) is -0.198. The van der Waals surface area contributed by atoms with Gasteiger partial charge in [-0.15, -0.1) is 11.3 Å². The van der Waals surface area contributed by atoms with E-state index in [0.717, 1.165) is 18.4 Å². The van der Waals surface area contributed by atoms with Gasteiger partial charge in [-0.2, -0.15) is 0 Å². The first-order chi connectivity index (χ1) is 15.5. The first-order valence-corrected chi connectivity index (χ1v) is 11.7. The maximum atomic E-state index is 13.2. The van der Waals surface area contributed by atoms with Crippen LogP contribution in [0.4, 0.5) is 4.39 Å². The van der Waals surface area contributed by atoms with Gasteiger partial charge in [0, 0.05) is 38.2 Å². The number of hydrogen-bond donors (Lipinski definition) is 0. The van der Waals surface area contributed by atoms with Crippen LogP contribution in [0.25, 0.3) is 10.6 Å². The Labute approximate surface area is 191 Å². The molecule has 2 heterocycles. The molecule has 32 heavy (non-hydrogen) atoms. The van der Waals surface area contributed by atoms with E-state index in [0.29, 0.717) is 48.2 Å². The molecule has 0 atom stereocenters. The molecule has 3 aromatic rings. The molecule has 1 aliphatic rings. The second-order valence-corrected chi connectivity index (χ2v) is 8.95. The molecule has 0 bridgehead atoms. The lowest BCUT2D eigenvalue weighted by Gasteiger charge is -2.34. The third-order valence-electron chi connectivity index (χ3n) is 5.70. The quantitative estimate of drug-likeness (QED) is 0.552. The van der Waals surface area contributed by atoms with Crippen molar-refractivity contribution < 1.29 is 14.0 Å². The summed E-state index contributed by atoms with van der Waals surface area (Å²) in [5.41, 5.74) is 2.72. The van der Waals surface area contributed by atoms with Crippen LogP contribution in [0, 0.1) is 12.7 Å². The molecule has 0 aliphatic carbocycles. The molecular formula is C25H26FN3O2S. The number of thiazole rings is 1. The van der Waals surface area contributed by atoms with E-state index in [4.69, 9.17) is 0 Å². The zero-order chi connectivity index (χ0) is 22.5. The highest BCUT2D eigenvalue weighted by molar-refractivity contribution is 7.17. The first-order valence-electron chi connectivity index (χ1n) is 10.9. The summed E-state index contributed by atoms with van der Waals surface area (Å²) in [5, 5.41) is 0.707. The van der Waals surface area contributed by atoms with E-state index >= 15 is 0 Å². The molecule has 1 saturated heterocycles. The van der Waals surface area contributed by atoms with Crippen molar-refractivity contribution in [2.24, 2.45) is 0 Å². The Kier molecular flexibility index (Phi) is 6.95. The number of aryl methyl sites for hydroxylation is 2. The second kappa shape index (κ2) is 10.0. The van der Waals surface area contributed by atoms with E-state index in [-0.39, 0.29) is 17.6 Å². The summed E-state index contributed by atoms with van der Waals surface area (Å²) in [6, 6.07) is 16.3. The molecule has 2 amide bonds. The van der Waals surface area contributed by atoms with E-state index in [2.05, 4.69) is 17.1 Å². The van der Waals surface area contributed by atoms with Gasteiger partial charge in [0.15, 0.2) is 0 Å². The van der Waals surface area contributed by atoms with Crippen molar-refractivity contribution in [2.45, 2.75) is 26.2 Å². The minimum absolute atomic E-state index is 0.0514. The minimum atomic E-state index is -0.300. The van der Waals surface area contributed by atoms with Gasteiger partial charge >= 0.3 is 0 Å². The Morgan fingerprint density at radius 1 is 0.969 bits per heavy atom. The average Bonchev–Trinajstić information content (AvgIpc) is 3.21. The molecular weight excluding hydrogens is 425 g/mol. The van der Waals surface area contributed by atoms with Gasteiger partial charge in [-0.05, 0) is 49.6 Å². The number of amides is 2. The Morgan fingerprint density at radius 3 is 2.31 bits per heavy atom. The smallest absolute Gasteiger partial charge is 0.265 e. The Hall–Kier alpha value is -3.06. The lowest BCUT2D eigenvalue weighted by atomic mass is 10.1. The second-order valence-electron chi connectivity index (χ2n) is 7.95. The molecule has 166 valence electrons. The number of benzene rings is 2. The van der Waals surface area contributed by atoms with Crippen molar-refractivity contribution in [1.29, 1.82) is 0 Å². The molecule has 1 aromatic heterocycles. The van der Waals surface area contributed by atoms with Crippen LogP contribution in [0.5, 0.6) is 0 Å². The third kappa shape index (κ3) is 5.22. The molecule has 5 nitrogen and oxygen atoms in total. The van der Waals surface area contributed by atoms with Gasteiger partial charge in [0.25, 0.3) is 5.91 Å². The van der Waals surface area contributed by atoms with E-state index in [9.17, 15) is 14.0 Å². The van der Waals surface area contributed by atoms with Crippen LogP contribution in [-0.2, 0) is 11.2 Å². The van der Waals surface area contributed by atoms with Gasteiger partial charge in [0.05, 0.1) is 5.69 Å².